The summed E-state index contributed by atoms with van der Waals surface area (Å²) in [5.74, 6) is 5.14. The molecule has 0 N–H and O–H groups in total. The van der Waals surface area contributed by atoms with Gasteiger partial charge in [-0.3, -0.25) is 0 Å². The quantitative estimate of drug-likeness (QED) is 0.482. The van der Waals surface area contributed by atoms with Crippen LogP contribution < -0.4 is 0 Å². The van der Waals surface area contributed by atoms with E-state index in [2.05, 4.69) is 55.4 Å². The maximum atomic E-state index is 6.29. The smallest absolute Gasteiger partial charge is 0.0580 e. The molecule has 0 spiro atoms. The number of ether oxygens (including phenoxy) is 2. The highest BCUT2D eigenvalue weighted by atomic mass is 16.5. The van der Waals surface area contributed by atoms with E-state index < -0.39 is 0 Å². The molecule has 3 atom stereocenters. The Morgan fingerprint density at radius 2 is 1.38 bits per heavy atom. The molecular weight excluding hydrogens is 296 g/mol. The summed E-state index contributed by atoms with van der Waals surface area (Å²) >= 11 is 0. The molecule has 1 aliphatic rings. The van der Waals surface area contributed by atoms with E-state index in [-0.39, 0.29) is 0 Å². The lowest BCUT2D eigenvalue weighted by atomic mass is 9.71. The van der Waals surface area contributed by atoms with E-state index in [1.165, 1.54) is 19.3 Å². The van der Waals surface area contributed by atoms with Gasteiger partial charge in [0.1, 0.15) is 0 Å². The Labute approximate surface area is 152 Å². The van der Waals surface area contributed by atoms with Crippen molar-refractivity contribution in [2.24, 2.45) is 41.4 Å². The molecule has 0 radical (unpaired) electrons. The zero-order valence-electron chi connectivity index (χ0n) is 17.7. The van der Waals surface area contributed by atoms with Gasteiger partial charge in [0, 0.05) is 19.8 Å². The second-order valence-corrected chi connectivity index (χ2v) is 9.18. The molecule has 1 rings (SSSR count). The van der Waals surface area contributed by atoms with Crippen molar-refractivity contribution in [2.45, 2.75) is 80.8 Å². The van der Waals surface area contributed by atoms with Crippen molar-refractivity contribution >= 4 is 0 Å². The van der Waals surface area contributed by atoms with Gasteiger partial charge in [-0.1, -0.05) is 48.5 Å². The van der Waals surface area contributed by atoms with Gasteiger partial charge in [-0.25, -0.2) is 0 Å². The average molecular weight is 341 g/mol. The van der Waals surface area contributed by atoms with E-state index in [0.717, 1.165) is 43.5 Å². The van der Waals surface area contributed by atoms with Gasteiger partial charge >= 0.3 is 0 Å². The van der Waals surface area contributed by atoms with Crippen molar-refractivity contribution < 1.29 is 9.47 Å². The minimum Gasteiger partial charge on any atom is -0.381 e. The van der Waals surface area contributed by atoms with Crippen molar-refractivity contribution in [2.75, 3.05) is 19.8 Å². The summed E-state index contributed by atoms with van der Waals surface area (Å²) in [6.45, 7) is 21.6. The van der Waals surface area contributed by atoms with Crippen molar-refractivity contribution in [3.05, 3.63) is 0 Å². The van der Waals surface area contributed by atoms with E-state index >= 15 is 0 Å². The molecule has 0 aromatic carbocycles. The fraction of sp³-hybridized carbons (Fsp3) is 1.00. The molecule has 0 aliphatic carbocycles. The normalized spacial score (nSPS) is 21.0. The Morgan fingerprint density at radius 1 is 0.833 bits per heavy atom. The summed E-state index contributed by atoms with van der Waals surface area (Å²) in [6, 6.07) is 0. The molecule has 3 unspecified atom stereocenters. The highest BCUT2D eigenvalue weighted by molar-refractivity contribution is 4.80. The number of hydrogen-bond acceptors (Lipinski definition) is 2. The van der Waals surface area contributed by atoms with Gasteiger partial charge in [0.2, 0.25) is 0 Å². The lowest BCUT2D eigenvalue weighted by Crippen LogP contribution is -2.33. The van der Waals surface area contributed by atoms with E-state index in [1.807, 2.05) is 0 Å². The molecular formula is C22H44O2. The summed E-state index contributed by atoms with van der Waals surface area (Å²) in [4.78, 5) is 0. The highest BCUT2D eigenvalue weighted by Gasteiger charge is 2.31. The molecule has 2 heteroatoms. The minimum absolute atomic E-state index is 0.359. The van der Waals surface area contributed by atoms with Crippen molar-refractivity contribution in [3.63, 3.8) is 0 Å². The monoisotopic (exact) mass is 340 g/mol. The lowest BCUT2D eigenvalue weighted by molar-refractivity contribution is -0.0225. The molecule has 0 saturated carbocycles. The third-order valence-electron chi connectivity index (χ3n) is 6.27. The molecule has 1 saturated heterocycles. The number of hydrogen-bond donors (Lipinski definition) is 0. The fourth-order valence-electron chi connectivity index (χ4n) is 5.36. The Kier molecular flexibility index (Phi) is 9.89. The number of rotatable bonds is 10. The van der Waals surface area contributed by atoms with Crippen LogP contribution >= 0.6 is 0 Å². The minimum atomic E-state index is 0.359. The summed E-state index contributed by atoms with van der Waals surface area (Å²) in [6.07, 6.45) is 4.03. The van der Waals surface area contributed by atoms with E-state index in [0.29, 0.717) is 23.9 Å². The van der Waals surface area contributed by atoms with Gasteiger partial charge in [-0.15, -0.1) is 0 Å². The maximum Gasteiger partial charge on any atom is 0.0580 e. The first-order chi connectivity index (χ1) is 11.3. The second-order valence-electron chi connectivity index (χ2n) is 9.18. The zero-order valence-corrected chi connectivity index (χ0v) is 17.7. The van der Waals surface area contributed by atoms with Crippen LogP contribution in [-0.2, 0) is 9.47 Å². The third-order valence-corrected chi connectivity index (χ3v) is 6.27. The van der Waals surface area contributed by atoms with Crippen LogP contribution in [0.15, 0.2) is 0 Å². The molecule has 2 nitrogen and oxygen atoms in total. The first-order valence-electron chi connectivity index (χ1n) is 10.4. The van der Waals surface area contributed by atoms with Crippen molar-refractivity contribution in [1.29, 1.82) is 0 Å². The van der Waals surface area contributed by atoms with Crippen molar-refractivity contribution in [1.82, 2.24) is 0 Å². The summed E-state index contributed by atoms with van der Waals surface area (Å²) in [5, 5.41) is 0. The van der Waals surface area contributed by atoms with Crippen LogP contribution in [0.2, 0.25) is 0 Å². The lowest BCUT2D eigenvalue weighted by Gasteiger charge is -2.37. The molecule has 144 valence electrons. The maximum absolute atomic E-state index is 6.29. The van der Waals surface area contributed by atoms with E-state index in [1.54, 1.807) is 0 Å². The molecule has 1 aliphatic heterocycles. The van der Waals surface area contributed by atoms with Gasteiger partial charge in [-0.2, -0.15) is 0 Å². The van der Waals surface area contributed by atoms with E-state index in [9.17, 15) is 0 Å². The largest absolute Gasteiger partial charge is 0.381 e. The van der Waals surface area contributed by atoms with Crippen LogP contribution in [0.3, 0.4) is 0 Å². The van der Waals surface area contributed by atoms with Crippen molar-refractivity contribution in [3.8, 4) is 0 Å². The predicted molar refractivity (Wildman–Crippen MR) is 104 cm³/mol. The first-order valence-corrected chi connectivity index (χ1v) is 10.4. The standard InChI is InChI=1S/C22H44O2/c1-15(2)21(16(3)4)19(8)24-14-9-18(7)22(17(5)6)20-10-12-23-13-11-20/h15-22H,9-14H2,1-8H3. The van der Waals surface area contributed by atoms with Crippen LogP contribution in [0.1, 0.15) is 74.7 Å². The summed E-state index contributed by atoms with van der Waals surface area (Å²) < 4.78 is 11.9. The summed E-state index contributed by atoms with van der Waals surface area (Å²) in [5.41, 5.74) is 0. The Morgan fingerprint density at radius 3 is 1.83 bits per heavy atom. The van der Waals surface area contributed by atoms with E-state index in [4.69, 9.17) is 9.47 Å². The molecule has 0 aromatic rings. The highest BCUT2D eigenvalue weighted by Crippen LogP contribution is 2.36. The zero-order chi connectivity index (χ0) is 18.3. The molecule has 0 aromatic heterocycles. The molecule has 24 heavy (non-hydrogen) atoms. The predicted octanol–water partition coefficient (Wildman–Crippen LogP) is 6.04. The topological polar surface area (TPSA) is 18.5 Å². The van der Waals surface area contributed by atoms with Gasteiger partial charge in [-0.05, 0) is 67.6 Å². The molecule has 1 heterocycles. The fourth-order valence-corrected chi connectivity index (χ4v) is 5.36. The average Bonchev–Trinajstić information content (AvgIpc) is 2.47. The van der Waals surface area contributed by atoms with Gasteiger partial charge in [0.05, 0.1) is 6.10 Å². The Balaban J connectivity index is 2.48. The summed E-state index contributed by atoms with van der Waals surface area (Å²) in [7, 11) is 0. The van der Waals surface area contributed by atoms with Crippen LogP contribution in [0.25, 0.3) is 0 Å². The molecule has 0 amide bonds. The Hall–Kier alpha value is -0.0800. The molecule has 1 fully saturated rings. The van der Waals surface area contributed by atoms with Crippen LogP contribution in [0.5, 0.6) is 0 Å². The first kappa shape index (κ1) is 22.0. The SMILES string of the molecule is CC(C)C(C(C)CCOC(C)C(C(C)C)C(C)C)C1CCOCC1. The van der Waals surface area contributed by atoms with Crippen LogP contribution in [0, 0.1) is 41.4 Å². The van der Waals surface area contributed by atoms with Crippen LogP contribution in [0.4, 0.5) is 0 Å². The van der Waals surface area contributed by atoms with Gasteiger partial charge in [0.25, 0.3) is 0 Å². The van der Waals surface area contributed by atoms with Crippen LogP contribution in [-0.4, -0.2) is 25.9 Å². The molecule has 0 bridgehead atoms. The third kappa shape index (κ3) is 6.67. The Bertz CT molecular complexity index is 310. The van der Waals surface area contributed by atoms with Gasteiger partial charge in [0.15, 0.2) is 0 Å². The second kappa shape index (κ2) is 10.8. The van der Waals surface area contributed by atoms with Gasteiger partial charge < -0.3 is 9.47 Å².